The molecule has 0 radical (unpaired) electrons. The van der Waals surface area contributed by atoms with Crippen molar-refractivity contribution < 1.29 is 19.1 Å². The molecule has 1 aliphatic rings. The number of esters is 2. The van der Waals surface area contributed by atoms with E-state index in [-0.39, 0.29) is 19.1 Å². The molecule has 1 aromatic rings. The van der Waals surface area contributed by atoms with E-state index in [1.807, 2.05) is 30.3 Å². The third kappa shape index (κ3) is 3.63. The highest BCUT2D eigenvalue weighted by molar-refractivity contribution is 6.01. The van der Waals surface area contributed by atoms with Crippen LogP contribution < -0.4 is 0 Å². The third-order valence-corrected chi connectivity index (χ3v) is 4.36. The lowest BCUT2D eigenvalue weighted by Crippen LogP contribution is -2.40. The Kier molecular flexibility index (Phi) is 5.59. The van der Waals surface area contributed by atoms with Gasteiger partial charge in [-0.3, -0.25) is 9.59 Å². The summed E-state index contributed by atoms with van der Waals surface area (Å²) in [5.41, 5.74) is 0.847. The summed E-state index contributed by atoms with van der Waals surface area (Å²) in [6, 6.07) is 10.0. The molecular weight excluding hydrogens is 292 g/mol. The van der Waals surface area contributed by atoms with Crippen molar-refractivity contribution in [3.63, 3.8) is 0 Å². The first-order valence-electron chi connectivity index (χ1n) is 8.09. The maximum Gasteiger partial charge on any atom is 0.323 e. The SMILES string of the molecule is C=C1CC(C(=O)OCC)(C(=O)OCC)CC1Cc1ccccc1. The van der Waals surface area contributed by atoms with Crippen LogP contribution in [0.4, 0.5) is 0 Å². The molecule has 1 atom stereocenters. The number of rotatable bonds is 6. The Hall–Kier alpha value is -2.10. The van der Waals surface area contributed by atoms with Gasteiger partial charge in [0.05, 0.1) is 13.2 Å². The summed E-state index contributed by atoms with van der Waals surface area (Å²) in [5.74, 6) is -0.906. The van der Waals surface area contributed by atoms with Crippen molar-refractivity contribution in [3.8, 4) is 0 Å². The van der Waals surface area contributed by atoms with E-state index in [0.717, 1.165) is 12.0 Å². The number of hydrogen-bond donors (Lipinski definition) is 0. The van der Waals surface area contributed by atoms with E-state index in [1.165, 1.54) is 5.56 Å². The first-order chi connectivity index (χ1) is 11.0. The van der Waals surface area contributed by atoms with E-state index < -0.39 is 17.4 Å². The molecule has 0 bridgehead atoms. The van der Waals surface area contributed by atoms with Crippen molar-refractivity contribution in [2.24, 2.45) is 11.3 Å². The van der Waals surface area contributed by atoms with Crippen molar-refractivity contribution >= 4 is 11.9 Å². The Morgan fingerprint density at radius 3 is 2.22 bits per heavy atom. The molecule has 0 aromatic heterocycles. The molecule has 4 heteroatoms. The minimum Gasteiger partial charge on any atom is -0.465 e. The van der Waals surface area contributed by atoms with Gasteiger partial charge in [0.15, 0.2) is 5.41 Å². The molecule has 1 saturated carbocycles. The first kappa shape index (κ1) is 17.3. The molecule has 1 aromatic carbocycles. The molecule has 0 amide bonds. The monoisotopic (exact) mass is 316 g/mol. The molecule has 0 aliphatic heterocycles. The maximum atomic E-state index is 12.5. The molecule has 4 nitrogen and oxygen atoms in total. The van der Waals surface area contributed by atoms with Crippen molar-refractivity contribution in [1.82, 2.24) is 0 Å². The van der Waals surface area contributed by atoms with Crippen LogP contribution in [0.3, 0.4) is 0 Å². The van der Waals surface area contributed by atoms with Crippen LogP contribution >= 0.6 is 0 Å². The van der Waals surface area contributed by atoms with Crippen molar-refractivity contribution in [3.05, 3.63) is 48.0 Å². The van der Waals surface area contributed by atoms with Crippen molar-refractivity contribution in [2.45, 2.75) is 33.1 Å². The van der Waals surface area contributed by atoms with Crippen LogP contribution in [0.1, 0.15) is 32.3 Å². The molecule has 0 saturated heterocycles. The quantitative estimate of drug-likeness (QED) is 0.459. The van der Waals surface area contributed by atoms with E-state index in [1.54, 1.807) is 13.8 Å². The topological polar surface area (TPSA) is 52.6 Å². The second-order valence-corrected chi connectivity index (χ2v) is 5.95. The van der Waals surface area contributed by atoms with Gasteiger partial charge in [-0.15, -0.1) is 0 Å². The van der Waals surface area contributed by atoms with Gasteiger partial charge in [0, 0.05) is 0 Å². The molecule has 0 heterocycles. The summed E-state index contributed by atoms with van der Waals surface area (Å²) in [7, 11) is 0. The molecule has 1 unspecified atom stereocenters. The fourth-order valence-electron chi connectivity index (χ4n) is 3.22. The standard InChI is InChI=1S/C19H24O4/c1-4-22-17(20)19(18(21)23-5-2)12-14(3)16(13-19)11-15-9-7-6-8-10-15/h6-10,16H,3-5,11-13H2,1-2H3. The highest BCUT2D eigenvalue weighted by atomic mass is 16.6. The summed E-state index contributed by atoms with van der Waals surface area (Å²) < 4.78 is 10.3. The smallest absolute Gasteiger partial charge is 0.323 e. The number of hydrogen-bond acceptors (Lipinski definition) is 4. The molecule has 1 aliphatic carbocycles. The average Bonchev–Trinajstić information content (AvgIpc) is 2.87. The number of ether oxygens (including phenoxy) is 2. The zero-order valence-electron chi connectivity index (χ0n) is 13.8. The normalized spacial score (nSPS) is 19.4. The van der Waals surface area contributed by atoms with E-state index in [2.05, 4.69) is 6.58 Å². The van der Waals surface area contributed by atoms with Crippen molar-refractivity contribution in [2.75, 3.05) is 13.2 Å². The van der Waals surface area contributed by atoms with Gasteiger partial charge >= 0.3 is 11.9 Å². The largest absolute Gasteiger partial charge is 0.465 e. The molecule has 2 rings (SSSR count). The van der Waals surface area contributed by atoms with Gasteiger partial charge in [-0.25, -0.2) is 0 Å². The van der Waals surface area contributed by atoms with Crippen LogP contribution in [-0.4, -0.2) is 25.2 Å². The predicted molar refractivity (Wildman–Crippen MR) is 87.7 cm³/mol. The Labute approximate surface area is 137 Å². The van der Waals surface area contributed by atoms with E-state index >= 15 is 0 Å². The fourth-order valence-corrected chi connectivity index (χ4v) is 3.22. The lowest BCUT2D eigenvalue weighted by Gasteiger charge is -2.24. The molecule has 124 valence electrons. The van der Waals surface area contributed by atoms with Crippen LogP contribution in [0, 0.1) is 11.3 Å². The second kappa shape index (κ2) is 7.44. The fraction of sp³-hybridized carbons (Fsp3) is 0.474. The average molecular weight is 316 g/mol. The van der Waals surface area contributed by atoms with Gasteiger partial charge in [0.2, 0.25) is 0 Å². The van der Waals surface area contributed by atoms with Gasteiger partial charge in [0.1, 0.15) is 0 Å². The van der Waals surface area contributed by atoms with E-state index in [0.29, 0.717) is 12.8 Å². The van der Waals surface area contributed by atoms with Crippen molar-refractivity contribution in [1.29, 1.82) is 0 Å². The number of carbonyl (C=O) groups excluding carboxylic acids is 2. The number of allylic oxidation sites excluding steroid dienone is 1. The Balaban J connectivity index is 2.22. The molecule has 1 fully saturated rings. The molecule has 23 heavy (non-hydrogen) atoms. The lowest BCUT2D eigenvalue weighted by atomic mass is 9.84. The van der Waals surface area contributed by atoms with Crippen LogP contribution in [0.5, 0.6) is 0 Å². The minimum atomic E-state index is -1.23. The van der Waals surface area contributed by atoms with E-state index in [9.17, 15) is 9.59 Å². The summed E-state index contributed by atoms with van der Waals surface area (Å²) in [6.45, 7) is 8.06. The van der Waals surface area contributed by atoms with Crippen LogP contribution in [0.25, 0.3) is 0 Å². The van der Waals surface area contributed by atoms with Gasteiger partial charge < -0.3 is 9.47 Å². The number of benzene rings is 1. The zero-order chi connectivity index (χ0) is 16.9. The summed E-state index contributed by atoms with van der Waals surface area (Å²) in [4.78, 5) is 24.9. The van der Waals surface area contributed by atoms with Crippen LogP contribution in [-0.2, 0) is 25.5 Å². The Bertz CT molecular complexity index is 558. The molecule has 0 spiro atoms. The highest BCUT2D eigenvalue weighted by Crippen LogP contribution is 2.47. The summed E-state index contributed by atoms with van der Waals surface area (Å²) >= 11 is 0. The van der Waals surface area contributed by atoms with Crippen LogP contribution in [0.15, 0.2) is 42.5 Å². The van der Waals surface area contributed by atoms with Gasteiger partial charge in [-0.05, 0) is 44.6 Å². The van der Waals surface area contributed by atoms with Crippen LogP contribution in [0.2, 0.25) is 0 Å². The summed E-state index contributed by atoms with van der Waals surface area (Å²) in [6.07, 6.45) is 1.47. The second-order valence-electron chi connectivity index (χ2n) is 5.95. The third-order valence-electron chi connectivity index (χ3n) is 4.36. The number of carbonyl (C=O) groups is 2. The Morgan fingerprint density at radius 1 is 1.13 bits per heavy atom. The molecule has 0 N–H and O–H groups in total. The highest BCUT2D eigenvalue weighted by Gasteiger charge is 2.55. The van der Waals surface area contributed by atoms with E-state index in [4.69, 9.17) is 9.47 Å². The van der Waals surface area contributed by atoms with Gasteiger partial charge in [-0.1, -0.05) is 42.5 Å². The first-order valence-corrected chi connectivity index (χ1v) is 8.09. The summed E-state index contributed by atoms with van der Waals surface area (Å²) in [5, 5.41) is 0. The lowest BCUT2D eigenvalue weighted by molar-refractivity contribution is -0.171. The maximum absolute atomic E-state index is 12.5. The minimum absolute atomic E-state index is 0.0752. The van der Waals surface area contributed by atoms with Gasteiger partial charge in [-0.2, -0.15) is 0 Å². The Morgan fingerprint density at radius 2 is 1.70 bits per heavy atom. The molecular formula is C19H24O4. The van der Waals surface area contributed by atoms with Gasteiger partial charge in [0.25, 0.3) is 0 Å². The zero-order valence-corrected chi connectivity index (χ0v) is 13.8. The predicted octanol–water partition coefficient (Wildman–Crippen LogP) is 3.31.